The fraction of sp³-hybridized carbons (Fsp3) is 0.120. The van der Waals surface area contributed by atoms with E-state index in [1.165, 1.54) is 7.11 Å². The number of amides is 1. The van der Waals surface area contributed by atoms with Crippen molar-refractivity contribution >= 4 is 23.1 Å². The number of carbonyl (C=O) groups excluding carboxylic acids is 1. The van der Waals surface area contributed by atoms with Crippen LogP contribution in [0.1, 0.15) is 10.5 Å². The second-order valence-electron chi connectivity index (χ2n) is 7.76. The number of aromatic nitrogens is 6. The summed E-state index contributed by atoms with van der Waals surface area (Å²) in [6, 6.07) is 12.8. The smallest absolute Gasteiger partial charge is 0.490 e. The molecule has 12 nitrogen and oxygen atoms in total. The van der Waals surface area contributed by atoms with E-state index < -0.39 is 18.1 Å². The molecule has 206 valence electrons. The first kappa shape index (κ1) is 27.6. The van der Waals surface area contributed by atoms with Crippen molar-refractivity contribution in [3.63, 3.8) is 0 Å². The summed E-state index contributed by atoms with van der Waals surface area (Å²) >= 11 is 0. The Balaban J connectivity index is 0.000000470. The predicted molar refractivity (Wildman–Crippen MR) is 135 cm³/mol. The lowest BCUT2D eigenvalue weighted by molar-refractivity contribution is -0.192. The minimum Gasteiger partial charge on any atom is -0.497 e. The second-order valence-corrected chi connectivity index (χ2v) is 7.76. The maximum atomic E-state index is 13.2. The predicted octanol–water partition coefficient (Wildman–Crippen LogP) is 3.88. The number of benzene rings is 1. The third-order valence-corrected chi connectivity index (χ3v) is 5.31. The number of hydrogen-bond donors (Lipinski definition) is 2. The standard InChI is InChI=1S/C23H19N7O3.C2HF3O2/c1-32-16-7-5-15(6-8-16)30-18(9-11-26-30)21-28-20(19-14-24-12-13-29(19)21)22(31)27-17-4-3-10-25-23(17)33-2;3-2(4,5)1(6)7/h3-14H,1-2H3,(H,27,31);(H,6,7). The average Bonchev–Trinajstić information content (AvgIpc) is 3.58. The summed E-state index contributed by atoms with van der Waals surface area (Å²) in [5, 5.41) is 14.4. The summed E-state index contributed by atoms with van der Waals surface area (Å²) < 4.78 is 45.8. The Morgan fingerprint density at radius 1 is 1.00 bits per heavy atom. The van der Waals surface area contributed by atoms with Crippen LogP contribution in [0.4, 0.5) is 18.9 Å². The quantitative estimate of drug-likeness (QED) is 0.319. The maximum absolute atomic E-state index is 13.2. The fourth-order valence-corrected chi connectivity index (χ4v) is 3.52. The first-order chi connectivity index (χ1) is 19.1. The number of hydrogen-bond acceptors (Lipinski definition) is 8. The molecule has 0 aliphatic heterocycles. The molecule has 0 bridgehead atoms. The summed E-state index contributed by atoms with van der Waals surface area (Å²) in [7, 11) is 3.11. The minimum absolute atomic E-state index is 0.214. The summed E-state index contributed by atoms with van der Waals surface area (Å²) in [6.45, 7) is 0. The molecule has 0 fully saturated rings. The number of halogens is 3. The van der Waals surface area contributed by atoms with Gasteiger partial charge in [0.15, 0.2) is 11.5 Å². The van der Waals surface area contributed by atoms with Crippen LogP contribution in [0.3, 0.4) is 0 Å². The molecule has 4 heterocycles. The molecule has 5 rings (SSSR count). The summed E-state index contributed by atoms with van der Waals surface area (Å²) in [6.07, 6.45) is 3.17. The van der Waals surface area contributed by atoms with Crippen LogP contribution in [-0.2, 0) is 4.79 Å². The number of anilines is 1. The number of carboxylic acids is 1. The Kier molecular flexibility index (Phi) is 7.93. The molecular formula is C25H20F3N7O5. The molecule has 0 unspecified atom stereocenters. The molecular weight excluding hydrogens is 535 g/mol. The van der Waals surface area contributed by atoms with E-state index in [0.717, 1.165) is 11.4 Å². The van der Waals surface area contributed by atoms with Crippen molar-refractivity contribution in [3.8, 4) is 28.8 Å². The number of fused-ring (bicyclic) bond motifs is 1. The highest BCUT2D eigenvalue weighted by molar-refractivity contribution is 6.08. The van der Waals surface area contributed by atoms with E-state index in [1.807, 2.05) is 30.3 Å². The van der Waals surface area contributed by atoms with E-state index in [0.29, 0.717) is 28.6 Å². The lowest BCUT2D eigenvalue weighted by Crippen LogP contribution is -2.21. The van der Waals surface area contributed by atoms with Gasteiger partial charge in [-0.1, -0.05) is 0 Å². The van der Waals surface area contributed by atoms with Crippen LogP contribution >= 0.6 is 0 Å². The summed E-state index contributed by atoms with van der Waals surface area (Å²) in [5.74, 6) is -1.56. The molecule has 0 atom stereocenters. The Morgan fingerprint density at radius 3 is 2.38 bits per heavy atom. The maximum Gasteiger partial charge on any atom is 0.490 e. The SMILES string of the molecule is COc1ccc(-n2nccc2-c2nc(C(=O)Nc3cccnc3OC)c3cnccn23)cc1.O=C(O)C(F)(F)F. The van der Waals surface area contributed by atoms with Gasteiger partial charge in [0.25, 0.3) is 5.91 Å². The fourth-order valence-electron chi connectivity index (χ4n) is 3.52. The second kappa shape index (κ2) is 11.5. The van der Waals surface area contributed by atoms with E-state index in [9.17, 15) is 18.0 Å². The molecule has 4 aromatic heterocycles. The molecule has 0 saturated heterocycles. The summed E-state index contributed by atoms with van der Waals surface area (Å²) in [4.78, 5) is 35.0. The van der Waals surface area contributed by atoms with Gasteiger partial charge in [-0.3, -0.25) is 14.2 Å². The van der Waals surface area contributed by atoms with Gasteiger partial charge in [-0.05, 0) is 42.5 Å². The van der Waals surface area contributed by atoms with Gasteiger partial charge >= 0.3 is 12.1 Å². The van der Waals surface area contributed by atoms with Crippen LogP contribution in [0.25, 0.3) is 22.7 Å². The molecule has 0 radical (unpaired) electrons. The number of nitrogens with one attached hydrogen (secondary N) is 1. The zero-order valence-corrected chi connectivity index (χ0v) is 20.8. The molecule has 1 aromatic carbocycles. The number of carboxylic acid groups (broad SMARTS) is 1. The van der Waals surface area contributed by atoms with Crippen molar-refractivity contribution < 1.29 is 37.3 Å². The van der Waals surface area contributed by atoms with E-state index in [2.05, 4.69) is 25.4 Å². The largest absolute Gasteiger partial charge is 0.497 e. The van der Waals surface area contributed by atoms with Crippen molar-refractivity contribution in [2.75, 3.05) is 19.5 Å². The normalized spacial score (nSPS) is 10.9. The van der Waals surface area contributed by atoms with Crippen molar-refractivity contribution in [1.82, 2.24) is 29.1 Å². The van der Waals surface area contributed by atoms with E-state index in [1.54, 1.807) is 59.3 Å². The zero-order valence-electron chi connectivity index (χ0n) is 20.8. The molecule has 1 amide bonds. The van der Waals surface area contributed by atoms with E-state index in [-0.39, 0.29) is 5.69 Å². The Labute approximate surface area is 223 Å². The monoisotopic (exact) mass is 555 g/mol. The molecule has 0 saturated carbocycles. The molecule has 5 aromatic rings. The number of pyridine rings is 1. The number of carbonyl (C=O) groups is 2. The number of rotatable bonds is 6. The van der Waals surface area contributed by atoms with Gasteiger partial charge in [0.1, 0.15) is 17.1 Å². The minimum atomic E-state index is -5.08. The molecule has 0 aliphatic carbocycles. The van der Waals surface area contributed by atoms with Gasteiger partial charge in [-0.2, -0.15) is 18.3 Å². The van der Waals surface area contributed by atoms with Gasteiger partial charge in [0.2, 0.25) is 5.88 Å². The number of methoxy groups -OCH3 is 2. The molecule has 2 N–H and O–H groups in total. The van der Waals surface area contributed by atoms with Crippen LogP contribution in [0.2, 0.25) is 0 Å². The number of alkyl halides is 3. The lowest BCUT2D eigenvalue weighted by atomic mass is 10.3. The Morgan fingerprint density at radius 2 is 1.73 bits per heavy atom. The van der Waals surface area contributed by atoms with Crippen LogP contribution in [0.5, 0.6) is 11.6 Å². The van der Waals surface area contributed by atoms with Crippen molar-refractivity contribution in [3.05, 3.63) is 79.1 Å². The van der Waals surface area contributed by atoms with Crippen molar-refractivity contribution in [1.29, 1.82) is 0 Å². The van der Waals surface area contributed by atoms with E-state index in [4.69, 9.17) is 19.4 Å². The van der Waals surface area contributed by atoms with E-state index >= 15 is 0 Å². The number of nitrogens with zero attached hydrogens (tertiary/aromatic N) is 6. The molecule has 40 heavy (non-hydrogen) atoms. The highest BCUT2D eigenvalue weighted by Crippen LogP contribution is 2.27. The Bertz CT molecular complexity index is 1650. The van der Waals surface area contributed by atoms with Crippen LogP contribution in [0.15, 0.2) is 73.4 Å². The number of imidazole rings is 1. The van der Waals surface area contributed by atoms with Crippen LogP contribution < -0.4 is 14.8 Å². The van der Waals surface area contributed by atoms with Gasteiger partial charge < -0.3 is 19.9 Å². The molecule has 0 aliphatic rings. The highest BCUT2D eigenvalue weighted by atomic mass is 19.4. The third kappa shape index (κ3) is 5.82. The topological polar surface area (TPSA) is 146 Å². The average molecular weight is 555 g/mol. The van der Waals surface area contributed by atoms with Crippen LogP contribution in [0, 0.1) is 0 Å². The lowest BCUT2D eigenvalue weighted by Gasteiger charge is -2.08. The molecule has 0 spiro atoms. The third-order valence-electron chi connectivity index (χ3n) is 5.31. The Hall–Kier alpha value is -5.47. The van der Waals surface area contributed by atoms with Crippen molar-refractivity contribution in [2.24, 2.45) is 0 Å². The molecule has 15 heteroatoms. The van der Waals surface area contributed by atoms with Gasteiger partial charge in [-0.15, -0.1) is 0 Å². The van der Waals surface area contributed by atoms with Gasteiger partial charge in [0, 0.05) is 18.6 Å². The highest BCUT2D eigenvalue weighted by Gasteiger charge is 2.38. The number of ether oxygens (including phenoxy) is 2. The van der Waals surface area contributed by atoms with Gasteiger partial charge in [0.05, 0.1) is 37.8 Å². The van der Waals surface area contributed by atoms with Gasteiger partial charge in [-0.25, -0.2) is 19.4 Å². The zero-order chi connectivity index (χ0) is 28.9. The first-order valence-electron chi connectivity index (χ1n) is 11.3. The first-order valence-corrected chi connectivity index (χ1v) is 11.3. The van der Waals surface area contributed by atoms with Crippen LogP contribution in [-0.4, -0.2) is 66.5 Å². The number of aliphatic carboxylic acids is 1. The summed E-state index contributed by atoms with van der Waals surface area (Å²) in [5.41, 5.74) is 2.74. The van der Waals surface area contributed by atoms with Crippen molar-refractivity contribution in [2.45, 2.75) is 6.18 Å².